The summed E-state index contributed by atoms with van der Waals surface area (Å²) in [7, 11) is 0. The predicted molar refractivity (Wildman–Crippen MR) is 79.7 cm³/mol. The van der Waals surface area contributed by atoms with Crippen LogP contribution in [0.3, 0.4) is 0 Å². The van der Waals surface area contributed by atoms with Crippen LogP contribution in [0.15, 0.2) is 40.9 Å². The summed E-state index contributed by atoms with van der Waals surface area (Å²) in [5.74, 6) is -1.12. The fourth-order valence-electron chi connectivity index (χ4n) is 1.42. The lowest BCUT2D eigenvalue weighted by Crippen LogP contribution is -2.37. The van der Waals surface area contributed by atoms with E-state index in [1.165, 1.54) is 0 Å². The highest BCUT2D eigenvalue weighted by Gasteiger charge is 2.15. The van der Waals surface area contributed by atoms with Crippen LogP contribution >= 0.6 is 12.6 Å². The predicted octanol–water partition coefficient (Wildman–Crippen LogP) is 1.08. The first-order chi connectivity index (χ1) is 10.1. The number of carbonyl (C=O) groups excluding carboxylic acids is 2. The van der Waals surface area contributed by atoms with Crippen LogP contribution in [0, 0.1) is 11.3 Å². The van der Waals surface area contributed by atoms with Crippen molar-refractivity contribution in [2.75, 3.05) is 6.61 Å². The molecule has 0 aromatic heterocycles. The molecule has 0 saturated heterocycles. The minimum absolute atomic E-state index is 0.0719. The first-order valence-corrected chi connectivity index (χ1v) is 6.62. The minimum atomic E-state index is -0.796. The second kappa shape index (κ2) is 8.66. The highest BCUT2D eigenvalue weighted by molar-refractivity contribution is 7.84. The number of amides is 1. The quantitative estimate of drug-likeness (QED) is 0.240. The third-order valence-electron chi connectivity index (χ3n) is 2.36. The Morgan fingerprint density at radius 1 is 1.29 bits per heavy atom. The molecule has 0 aliphatic heterocycles. The number of esters is 1. The van der Waals surface area contributed by atoms with Crippen molar-refractivity contribution in [2.45, 2.75) is 13.3 Å². The standard InChI is InChI=1S/C14H15N3O3S/c1-2-20-14(19)11(9-15)13(21)17-16-12(18)8-10-6-4-3-5-7-10/h3-7,17,21H,2,8H2,1H3,(H,16,18)/b13-11+. The largest absolute Gasteiger partial charge is 0.462 e. The highest BCUT2D eigenvalue weighted by atomic mass is 32.1. The van der Waals surface area contributed by atoms with Crippen LogP contribution in [0.4, 0.5) is 0 Å². The first-order valence-electron chi connectivity index (χ1n) is 6.17. The monoisotopic (exact) mass is 305 g/mol. The molecule has 0 aliphatic carbocycles. The molecule has 0 heterocycles. The van der Waals surface area contributed by atoms with E-state index in [9.17, 15) is 9.59 Å². The number of benzene rings is 1. The second-order valence-electron chi connectivity index (χ2n) is 3.89. The van der Waals surface area contributed by atoms with Gasteiger partial charge in [0.25, 0.3) is 0 Å². The van der Waals surface area contributed by atoms with E-state index in [0.29, 0.717) is 0 Å². The normalized spacial score (nSPS) is 10.9. The summed E-state index contributed by atoms with van der Waals surface area (Å²) in [6.07, 6.45) is 0.163. The Labute approximate surface area is 128 Å². The number of carbonyl (C=O) groups is 2. The third-order valence-corrected chi connectivity index (χ3v) is 2.69. The maximum absolute atomic E-state index is 11.7. The zero-order valence-corrected chi connectivity index (χ0v) is 12.3. The van der Waals surface area contributed by atoms with E-state index in [0.717, 1.165) is 5.56 Å². The minimum Gasteiger partial charge on any atom is -0.462 e. The molecule has 1 amide bonds. The average molecular weight is 305 g/mol. The van der Waals surface area contributed by atoms with E-state index in [2.05, 4.69) is 23.5 Å². The molecule has 1 aromatic carbocycles. The van der Waals surface area contributed by atoms with Crippen LogP contribution < -0.4 is 10.9 Å². The van der Waals surface area contributed by atoms with Gasteiger partial charge in [-0.2, -0.15) is 5.26 Å². The molecule has 2 N–H and O–H groups in total. The molecule has 0 saturated carbocycles. The molecular formula is C14H15N3O3S. The van der Waals surface area contributed by atoms with Crippen LogP contribution in [0.1, 0.15) is 12.5 Å². The lowest BCUT2D eigenvalue weighted by Gasteiger charge is -2.09. The van der Waals surface area contributed by atoms with Gasteiger partial charge in [0.1, 0.15) is 11.1 Å². The molecule has 0 aliphatic rings. The summed E-state index contributed by atoms with van der Waals surface area (Å²) in [6.45, 7) is 1.77. The SMILES string of the molecule is CCOC(=O)/C(C#N)=C(/S)NNC(=O)Cc1ccccc1. The summed E-state index contributed by atoms with van der Waals surface area (Å²) >= 11 is 3.97. The maximum atomic E-state index is 11.7. The fraction of sp³-hybridized carbons (Fsp3) is 0.214. The summed E-state index contributed by atoms with van der Waals surface area (Å²) in [4.78, 5) is 23.1. The van der Waals surface area contributed by atoms with E-state index >= 15 is 0 Å². The number of nitrogens with one attached hydrogen (secondary N) is 2. The first kappa shape index (κ1) is 16.6. The molecule has 0 fully saturated rings. The van der Waals surface area contributed by atoms with Gasteiger partial charge in [-0.1, -0.05) is 30.3 Å². The zero-order chi connectivity index (χ0) is 15.7. The lowest BCUT2D eigenvalue weighted by atomic mass is 10.1. The van der Waals surface area contributed by atoms with Crippen LogP contribution in [-0.2, 0) is 20.7 Å². The zero-order valence-electron chi connectivity index (χ0n) is 11.4. The van der Waals surface area contributed by atoms with Crippen LogP contribution in [0.2, 0.25) is 0 Å². The van der Waals surface area contributed by atoms with Gasteiger partial charge in [0.05, 0.1) is 13.0 Å². The number of rotatable bonds is 6. The Bertz CT molecular complexity index is 579. The van der Waals surface area contributed by atoms with Crippen molar-refractivity contribution >= 4 is 24.5 Å². The number of hydrogen-bond acceptors (Lipinski definition) is 6. The van der Waals surface area contributed by atoms with Crippen molar-refractivity contribution in [3.63, 3.8) is 0 Å². The molecule has 110 valence electrons. The molecule has 0 bridgehead atoms. The van der Waals surface area contributed by atoms with Gasteiger partial charge >= 0.3 is 5.97 Å². The van der Waals surface area contributed by atoms with E-state index in [4.69, 9.17) is 10.00 Å². The van der Waals surface area contributed by atoms with Crippen LogP contribution in [-0.4, -0.2) is 18.5 Å². The topological polar surface area (TPSA) is 91.2 Å². The summed E-state index contributed by atoms with van der Waals surface area (Å²) < 4.78 is 4.70. The van der Waals surface area contributed by atoms with Gasteiger partial charge in [0.2, 0.25) is 5.91 Å². The fourth-order valence-corrected chi connectivity index (χ4v) is 1.61. The van der Waals surface area contributed by atoms with Crippen molar-refractivity contribution in [2.24, 2.45) is 0 Å². The number of nitriles is 1. The average Bonchev–Trinajstić information content (AvgIpc) is 2.47. The number of hydrazine groups is 1. The van der Waals surface area contributed by atoms with Crippen molar-refractivity contribution < 1.29 is 14.3 Å². The lowest BCUT2D eigenvalue weighted by molar-refractivity contribution is -0.138. The van der Waals surface area contributed by atoms with Crippen LogP contribution in [0.25, 0.3) is 0 Å². The Hall–Kier alpha value is -2.46. The van der Waals surface area contributed by atoms with Gasteiger partial charge in [-0.3, -0.25) is 15.6 Å². The van der Waals surface area contributed by atoms with E-state index in [1.807, 2.05) is 30.3 Å². The molecule has 6 nitrogen and oxygen atoms in total. The Balaban J connectivity index is 2.58. The van der Waals surface area contributed by atoms with Gasteiger partial charge in [-0.25, -0.2) is 4.79 Å². The molecular weight excluding hydrogens is 290 g/mol. The van der Waals surface area contributed by atoms with Crippen molar-refractivity contribution in [3.05, 3.63) is 46.5 Å². The molecule has 0 radical (unpaired) electrons. The van der Waals surface area contributed by atoms with E-state index in [1.54, 1.807) is 13.0 Å². The van der Waals surface area contributed by atoms with Gasteiger partial charge in [-0.05, 0) is 12.5 Å². The summed E-state index contributed by atoms with van der Waals surface area (Å²) in [6, 6.07) is 10.8. The summed E-state index contributed by atoms with van der Waals surface area (Å²) in [5, 5.41) is 8.81. The molecule has 7 heteroatoms. The smallest absolute Gasteiger partial charge is 0.351 e. The maximum Gasteiger partial charge on any atom is 0.351 e. The van der Waals surface area contributed by atoms with Crippen molar-refractivity contribution in [1.29, 1.82) is 5.26 Å². The molecule has 1 rings (SSSR count). The number of nitrogens with zero attached hydrogens (tertiary/aromatic N) is 1. The Morgan fingerprint density at radius 3 is 2.52 bits per heavy atom. The molecule has 0 atom stereocenters. The second-order valence-corrected chi connectivity index (χ2v) is 4.34. The highest BCUT2D eigenvalue weighted by Crippen LogP contribution is 2.06. The van der Waals surface area contributed by atoms with Gasteiger partial charge in [-0.15, -0.1) is 12.6 Å². The van der Waals surface area contributed by atoms with E-state index < -0.39 is 5.97 Å². The van der Waals surface area contributed by atoms with Gasteiger partial charge in [0.15, 0.2) is 5.57 Å². The van der Waals surface area contributed by atoms with Gasteiger partial charge < -0.3 is 4.74 Å². The Morgan fingerprint density at radius 2 is 1.95 bits per heavy atom. The third kappa shape index (κ3) is 5.58. The van der Waals surface area contributed by atoms with Crippen molar-refractivity contribution in [1.82, 2.24) is 10.9 Å². The molecule has 1 aromatic rings. The van der Waals surface area contributed by atoms with E-state index in [-0.39, 0.29) is 29.5 Å². The summed E-state index contributed by atoms with van der Waals surface area (Å²) in [5.41, 5.74) is 5.31. The van der Waals surface area contributed by atoms with Crippen molar-refractivity contribution in [3.8, 4) is 6.07 Å². The number of ether oxygens (including phenoxy) is 1. The van der Waals surface area contributed by atoms with Gasteiger partial charge in [0, 0.05) is 0 Å². The molecule has 0 unspecified atom stereocenters. The Kier molecular flexibility index (Phi) is 6.84. The number of hydrogen-bond donors (Lipinski definition) is 3. The number of thiol groups is 1. The molecule has 21 heavy (non-hydrogen) atoms. The molecule has 0 spiro atoms. The van der Waals surface area contributed by atoms with Crippen LogP contribution in [0.5, 0.6) is 0 Å².